The lowest BCUT2D eigenvalue weighted by Crippen LogP contribution is -2.38. The van der Waals surface area contributed by atoms with Gasteiger partial charge >= 0.3 is 5.97 Å². The molecule has 0 spiro atoms. The highest BCUT2D eigenvalue weighted by atomic mass is 32.2. The molecule has 0 amide bonds. The van der Waals surface area contributed by atoms with E-state index in [4.69, 9.17) is 0 Å². The molecule has 21 heavy (non-hydrogen) atoms. The van der Waals surface area contributed by atoms with Crippen molar-refractivity contribution in [3.63, 3.8) is 0 Å². The van der Waals surface area contributed by atoms with Crippen LogP contribution in [0.1, 0.15) is 23.2 Å². The van der Waals surface area contributed by atoms with E-state index in [1.807, 2.05) is 0 Å². The van der Waals surface area contributed by atoms with Crippen LogP contribution >= 0.6 is 11.8 Å². The number of benzene rings is 1. The second-order valence-corrected chi connectivity index (χ2v) is 7.55. The lowest BCUT2D eigenvalue weighted by atomic mass is 10.2. The standard InChI is InChI=1S/C13H16FNO4S2/c1-19-13(16)11-3-2-9(14)8-12(11)21(17,18)15-10-4-6-20-7-5-10/h2-3,8,10,15H,4-7H2,1H3. The summed E-state index contributed by atoms with van der Waals surface area (Å²) in [7, 11) is -2.82. The minimum absolute atomic E-state index is 0.170. The molecule has 0 unspecified atom stereocenters. The molecular weight excluding hydrogens is 317 g/mol. The number of nitrogens with one attached hydrogen (secondary N) is 1. The van der Waals surface area contributed by atoms with Gasteiger partial charge in [0.25, 0.3) is 0 Å². The van der Waals surface area contributed by atoms with Crippen LogP contribution in [0.4, 0.5) is 4.39 Å². The van der Waals surface area contributed by atoms with Gasteiger partial charge in [0, 0.05) is 6.04 Å². The fourth-order valence-electron chi connectivity index (χ4n) is 2.10. The Morgan fingerprint density at radius 3 is 2.67 bits per heavy atom. The van der Waals surface area contributed by atoms with Crippen molar-refractivity contribution in [1.82, 2.24) is 4.72 Å². The van der Waals surface area contributed by atoms with Gasteiger partial charge in [0.1, 0.15) is 5.82 Å². The summed E-state index contributed by atoms with van der Waals surface area (Å²) in [5.41, 5.74) is -0.170. The van der Waals surface area contributed by atoms with Crippen molar-refractivity contribution in [2.75, 3.05) is 18.6 Å². The van der Waals surface area contributed by atoms with E-state index in [0.29, 0.717) is 12.8 Å². The van der Waals surface area contributed by atoms with E-state index in [1.54, 1.807) is 11.8 Å². The van der Waals surface area contributed by atoms with Crippen LogP contribution in [-0.2, 0) is 14.8 Å². The number of hydrogen-bond donors (Lipinski definition) is 1. The molecule has 5 nitrogen and oxygen atoms in total. The maximum Gasteiger partial charge on any atom is 0.339 e. The number of sulfonamides is 1. The monoisotopic (exact) mass is 333 g/mol. The Morgan fingerprint density at radius 1 is 1.38 bits per heavy atom. The smallest absolute Gasteiger partial charge is 0.339 e. The van der Waals surface area contributed by atoms with Gasteiger partial charge in [-0.15, -0.1) is 0 Å². The van der Waals surface area contributed by atoms with Crippen LogP contribution in [0.15, 0.2) is 23.1 Å². The predicted octanol–water partition coefficient (Wildman–Crippen LogP) is 1.79. The first kappa shape index (κ1) is 16.3. The third-order valence-electron chi connectivity index (χ3n) is 3.18. The Kier molecular flexibility index (Phi) is 5.23. The Labute approximate surface area is 127 Å². The first-order valence-corrected chi connectivity index (χ1v) is 9.06. The molecular formula is C13H16FNO4S2. The van der Waals surface area contributed by atoms with E-state index in [0.717, 1.165) is 36.8 Å². The normalized spacial score (nSPS) is 16.7. The maximum absolute atomic E-state index is 13.4. The molecule has 1 aromatic carbocycles. The highest BCUT2D eigenvalue weighted by Gasteiger charge is 2.27. The summed E-state index contributed by atoms with van der Waals surface area (Å²) >= 11 is 1.77. The van der Waals surface area contributed by atoms with Gasteiger partial charge < -0.3 is 4.74 Å². The molecule has 1 saturated heterocycles. The molecule has 116 valence electrons. The summed E-state index contributed by atoms with van der Waals surface area (Å²) in [6.07, 6.45) is 1.43. The topological polar surface area (TPSA) is 72.5 Å². The van der Waals surface area contributed by atoms with Crippen molar-refractivity contribution in [1.29, 1.82) is 0 Å². The van der Waals surface area contributed by atoms with Gasteiger partial charge in [-0.05, 0) is 42.5 Å². The van der Waals surface area contributed by atoms with Crippen LogP contribution in [0.25, 0.3) is 0 Å². The molecule has 1 aliphatic rings. The molecule has 1 fully saturated rings. The zero-order valence-electron chi connectivity index (χ0n) is 11.5. The van der Waals surface area contributed by atoms with E-state index in [1.165, 1.54) is 0 Å². The van der Waals surface area contributed by atoms with E-state index in [-0.39, 0.29) is 16.5 Å². The number of ether oxygens (including phenoxy) is 1. The molecule has 1 N–H and O–H groups in total. The molecule has 0 atom stereocenters. The molecule has 1 aliphatic heterocycles. The number of esters is 1. The van der Waals surface area contributed by atoms with Gasteiger partial charge in [0.15, 0.2) is 0 Å². The number of carbonyl (C=O) groups is 1. The van der Waals surface area contributed by atoms with Crippen molar-refractivity contribution in [3.8, 4) is 0 Å². The van der Waals surface area contributed by atoms with Gasteiger partial charge in [-0.25, -0.2) is 22.3 Å². The molecule has 2 rings (SSSR count). The van der Waals surface area contributed by atoms with Crippen molar-refractivity contribution >= 4 is 27.8 Å². The number of thioether (sulfide) groups is 1. The first-order valence-electron chi connectivity index (χ1n) is 6.42. The number of hydrogen-bond acceptors (Lipinski definition) is 5. The summed E-state index contributed by atoms with van der Waals surface area (Å²) in [5.74, 6) is 0.220. The van der Waals surface area contributed by atoms with E-state index < -0.39 is 21.8 Å². The molecule has 0 bridgehead atoms. The van der Waals surface area contributed by atoms with Gasteiger partial charge in [0.05, 0.1) is 17.6 Å². The second-order valence-electron chi connectivity index (χ2n) is 4.64. The average Bonchev–Trinajstić information content (AvgIpc) is 2.47. The van der Waals surface area contributed by atoms with Crippen LogP contribution in [0.3, 0.4) is 0 Å². The van der Waals surface area contributed by atoms with Gasteiger partial charge in [0.2, 0.25) is 10.0 Å². The van der Waals surface area contributed by atoms with Crippen LogP contribution in [0.2, 0.25) is 0 Å². The van der Waals surface area contributed by atoms with E-state index in [2.05, 4.69) is 9.46 Å². The molecule has 0 aromatic heterocycles. The van der Waals surface area contributed by atoms with E-state index >= 15 is 0 Å². The summed E-state index contributed by atoms with van der Waals surface area (Å²) in [6, 6.07) is 2.80. The number of methoxy groups -OCH3 is 1. The highest BCUT2D eigenvalue weighted by Crippen LogP contribution is 2.22. The molecule has 0 saturated carbocycles. The summed E-state index contributed by atoms with van der Waals surface area (Å²) in [5, 5.41) is 0. The Morgan fingerprint density at radius 2 is 2.05 bits per heavy atom. The third-order valence-corrected chi connectivity index (χ3v) is 5.79. The van der Waals surface area contributed by atoms with Crippen LogP contribution in [0.5, 0.6) is 0 Å². The van der Waals surface area contributed by atoms with Crippen molar-refractivity contribution in [3.05, 3.63) is 29.6 Å². The minimum Gasteiger partial charge on any atom is -0.465 e. The Hall–Kier alpha value is -1.12. The number of carbonyl (C=O) groups excluding carboxylic acids is 1. The highest BCUT2D eigenvalue weighted by molar-refractivity contribution is 7.99. The summed E-state index contributed by atoms with van der Waals surface area (Å²) in [4.78, 5) is 11.3. The Balaban J connectivity index is 2.33. The quantitative estimate of drug-likeness (QED) is 0.851. The fourth-order valence-corrected chi connectivity index (χ4v) is 4.71. The summed E-state index contributed by atoms with van der Waals surface area (Å²) in [6.45, 7) is 0. The maximum atomic E-state index is 13.4. The van der Waals surface area contributed by atoms with Gasteiger partial charge in [-0.2, -0.15) is 11.8 Å². The second kappa shape index (κ2) is 6.76. The van der Waals surface area contributed by atoms with Crippen molar-refractivity contribution < 1.29 is 22.3 Å². The Bertz CT molecular complexity index is 627. The lowest BCUT2D eigenvalue weighted by Gasteiger charge is -2.22. The van der Waals surface area contributed by atoms with Crippen molar-refractivity contribution in [2.24, 2.45) is 0 Å². The summed E-state index contributed by atoms with van der Waals surface area (Å²) < 4.78 is 45.3. The first-order chi connectivity index (χ1) is 9.94. The number of halogens is 1. The molecule has 1 aromatic rings. The van der Waals surface area contributed by atoms with Crippen LogP contribution < -0.4 is 4.72 Å². The molecule has 0 radical (unpaired) electrons. The minimum atomic E-state index is -3.97. The van der Waals surface area contributed by atoms with Crippen LogP contribution in [0, 0.1) is 5.82 Å². The fraction of sp³-hybridized carbons (Fsp3) is 0.462. The lowest BCUT2D eigenvalue weighted by molar-refractivity contribution is 0.0596. The predicted molar refractivity (Wildman–Crippen MR) is 78.4 cm³/mol. The van der Waals surface area contributed by atoms with Gasteiger partial charge in [-0.1, -0.05) is 0 Å². The van der Waals surface area contributed by atoms with Crippen LogP contribution in [-0.4, -0.2) is 39.0 Å². The zero-order chi connectivity index (χ0) is 15.5. The molecule has 1 heterocycles. The molecule has 0 aliphatic carbocycles. The van der Waals surface area contributed by atoms with Crippen molar-refractivity contribution in [2.45, 2.75) is 23.8 Å². The van der Waals surface area contributed by atoms with E-state index in [9.17, 15) is 17.6 Å². The zero-order valence-corrected chi connectivity index (χ0v) is 13.1. The average molecular weight is 333 g/mol. The number of rotatable bonds is 4. The molecule has 8 heteroatoms. The largest absolute Gasteiger partial charge is 0.465 e. The van der Waals surface area contributed by atoms with Gasteiger partial charge in [-0.3, -0.25) is 0 Å². The SMILES string of the molecule is COC(=O)c1ccc(F)cc1S(=O)(=O)NC1CCSCC1. The third kappa shape index (κ3) is 3.96.